The number of hydrogen-bond donors (Lipinski definition) is 2. The number of aromatic nitrogens is 1. The average Bonchev–Trinajstić information content (AvgIpc) is 3.13. The Kier molecular flexibility index (Phi) is 6.28. The van der Waals surface area contributed by atoms with Crippen LogP contribution in [0.3, 0.4) is 0 Å². The van der Waals surface area contributed by atoms with E-state index >= 15 is 0 Å². The molecular formula is C23H29N7O2S. The van der Waals surface area contributed by atoms with Gasteiger partial charge in [-0.3, -0.25) is 0 Å². The third-order valence-electron chi connectivity index (χ3n) is 6.55. The van der Waals surface area contributed by atoms with Crippen LogP contribution in [0.25, 0.3) is 0 Å². The average molecular weight is 468 g/mol. The van der Waals surface area contributed by atoms with E-state index in [1.807, 2.05) is 12.1 Å². The highest BCUT2D eigenvalue weighted by molar-refractivity contribution is 7.16. The predicted octanol–water partition coefficient (Wildman–Crippen LogP) is 2.19. The van der Waals surface area contributed by atoms with Crippen LogP contribution in [0.2, 0.25) is 0 Å². The van der Waals surface area contributed by atoms with Gasteiger partial charge in [-0.25, -0.2) is 9.78 Å². The number of hydrogen-bond acceptors (Lipinski definition) is 9. The van der Waals surface area contributed by atoms with Crippen molar-refractivity contribution >= 4 is 34.0 Å². The molecular weight excluding hydrogens is 438 g/mol. The van der Waals surface area contributed by atoms with E-state index in [4.69, 9.17) is 16.3 Å². The molecule has 0 bridgehead atoms. The van der Waals surface area contributed by atoms with Crippen molar-refractivity contribution < 1.29 is 9.63 Å². The van der Waals surface area contributed by atoms with Crippen molar-refractivity contribution in [3.05, 3.63) is 39.9 Å². The number of carbonyl (C=O) groups is 1. The molecule has 0 aromatic carbocycles. The molecule has 2 aromatic heterocycles. The number of amidine groups is 1. The van der Waals surface area contributed by atoms with Crippen LogP contribution in [-0.4, -0.2) is 54.4 Å². The molecule has 0 unspecified atom stereocenters. The molecule has 1 aliphatic heterocycles. The molecule has 1 fully saturated rings. The van der Waals surface area contributed by atoms with E-state index in [0.717, 1.165) is 43.2 Å². The summed E-state index contributed by atoms with van der Waals surface area (Å²) in [5.74, 6) is 0.287. The number of nitrogen functional groups attached to an aromatic ring is 1. The van der Waals surface area contributed by atoms with Crippen molar-refractivity contribution in [2.24, 2.45) is 10.9 Å². The molecule has 0 spiro atoms. The molecule has 3 heterocycles. The van der Waals surface area contributed by atoms with Crippen LogP contribution in [0.1, 0.15) is 48.4 Å². The highest BCUT2D eigenvalue weighted by Crippen LogP contribution is 2.46. The first-order valence-corrected chi connectivity index (χ1v) is 11.9. The second-order valence-corrected chi connectivity index (χ2v) is 10.1. The largest absolute Gasteiger partial charge is 0.389 e. The van der Waals surface area contributed by atoms with Gasteiger partial charge >= 0.3 is 5.97 Å². The van der Waals surface area contributed by atoms with Crippen molar-refractivity contribution in [3.63, 3.8) is 0 Å². The molecule has 2 aliphatic rings. The Bertz CT molecular complexity index is 1140. The summed E-state index contributed by atoms with van der Waals surface area (Å²) < 4.78 is 0. The molecule has 4 rings (SSSR count). The van der Waals surface area contributed by atoms with Gasteiger partial charge in [-0.2, -0.15) is 5.26 Å². The Hall–Kier alpha value is -3.16. The number of anilines is 2. The summed E-state index contributed by atoms with van der Waals surface area (Å²) in [5.41, 5.74) is 12.6. The fraction of sp³-hybridized carbons (Fsp3) is 0.478. The maximum absolute atomic E-state index is 13.1. The third-order valence-corrected chi connectivity index (χ3v) is 7.63. The van der Waals surface area contributed by atoms with Gasteiger partial charge in [0.1, 0.15) is 22.6 Å². The van der Waals surface area contributed by atoms with Gasteiger partial charge in [-0.1, -0.05) is 11.2 Å². The van der Waals surface area contributed by atoms with E-state index in [2.05, 4.69) is 40.0 Å². The Morgan fingerprint density at radius 3 is 2.94 bits per heavy atom. The number of nitrogens with zero attached hydrogens (tertiary/aromatic N) is 5. The summed E-state index contributed by atoms with van der Waals surface area (Å²) in [5, 5.41) is 13.9. The van der Waals surface area contributed by atoms with Gasteiger partial charge in [0.2, 0.25) is 0 Å². The first-order valence-electron chi connectivity index (χ1n) is 11.0. The number of nitrogens with two attached hydrogens (primary N) is 2. The fourth-order valence-corrected chi connectivity index (χ4v) is 5.93. The molecule has 174 valence electrons. The van der Waals surface area contributed by atoms with E-state index in [0.29, 0.717) is 34.3 Å². The lowest BCUT2D eigenvalue weighted by Crippen LogP contribution is -2.50. The number of aryl methyl sites for hydroxylation is 1. The number of pyridine rings is 1. The van der Waals surface area contributed by atoms with Crippen LogP contribution in [0.15, 0.2) is 23.4 Å². The van der Waals surface area contributed by atoms with Gasteiger partial charge in [-0.15, -0.1) is 11.3 Å². The van der Waals surface area contributed by atoms with Crippen molar-refractivity contribution in [2.45, 2.75) is 44.6 Å². The minimum atomic E-state index is -0.999. The molecule has 33 heavy (non-hydrogen) atoms. The Morgan fingerprint density at radius 1 is 1.42 bits per heavy atom. The first kappa shape index (κ1) is 23.0. The number of fused-ring (bicyclic) bond motifs is 1. The lowest BCUT2D eigenvalue weighted by molar-refractivity contribution is -0.150. The van der Waals surface area contributed by atoms with Crippen LogP contribution in [0.5, 0.6) is 0 Å². The zero-order chi connectivity index (χ0) is 23.8. The number of carbonyl (C=O) groups excluding carboxylic acids is 1. The smallest absolute Gasteiger partial charge is 0.345 e. The van der Waals surface area contributed by atoms with Crippen molar-refractivity contribution in [3.8, 4) is 6.07 Å². The second-order valence-electron chi connectivity index (χ2n) is 8.98. The molecule has 4 N–H and O–H groups in total. The van der Waals surface area contributed by atoms with E-state index in [1.165, 1.54) is 11.3 Å². The zero-order valence-electron chi connectivity index (χ0n) is 19.2. The van der Waals surface area contributed by atoms with Gasteiger partial charge in [0.05, 0.1) is 11.0 Å². The van der Waals surface area contributed by atoms with Crippen LogP contribution in [0, 0.1) is 11.3 Å². The number of thiophene rings is 1. The highest BCUT2D eigenvalue weighted by atomic mass is 32.1. The molecule has 0 amide bonds. The van der Waals surface area contributed by atoms with E-state index in [9.17, 15) is 10.1 Å². The summed E-state index contributed by atoms with van der Waals surface area (Å²) in [6, 6.07) is 8.02. The van der Waals surface area contributed by atoms with E-state index in [1.54, 1.807) is 13.0 Å². The Morgan fingerprint density at radius 2 is 2.21 bits per heavy atom. The number of oxime groups is 1. The predicted molar refractivity (Wildman–Crippen MR) is 129 cm³/mol. The van der Waals surface area contributed by atoms with Gasteiger partial charge in [0, 0.05) is 36.1 Å². The summed E-state index contributed by atoms with van der Waals surface area (Å²) >= 11 is 1.37. The normalized spacial score (nSPS) is 23.6. The Labute approximate surface area is 197 Å². The van der Waals surface area contributed by atoms with Crippen LogP contribution < -0.4 is 16.4 Å². The van der Waals surface area contributed by atoms with E-state index in [-0.39, 0.29) is 5.84 Å². The molecule has 0 radical (unpaired) electrons. The molecule has 0 saturated carbocycles. The van der Waals surface area contributed by atoms with Crippen LogP contribution in [-0.2, 0) is 21.5 Å². The number of nitriles is 1. The van der Waals surface area contributed by atoms with Gasteiger partial charge in [-0.05, 0) is 52.3 Å². The minimum absolute atomic E-state index is 0.0250. The molecule has 2 atom stereocenters. The first-order chi connectivity index (χ1) is 15.7. The summed E-state index contributed by atoms with van der Waals surface area (Å²) in [4.78, 5) is 28.6. The van der Waals surface area contributed by atoms with Crippen molar-refractivity contribution in [1.82, 2.24) is 9.88 Å². The zero-order valence-corrected chi connectivity index (χ0v) is 20.0. The quantitative estimate of drug-likeness (QED) is 0.302. The number of piperazine rings is 1. The molecule has 9 nitrogen and oxygen atoms in total. The van der Waals surface area contributed by atoms with Crippen molar-refractivity contribution in [2.75, 3.05) is 37.3 Å². The highest BCUT2D eigenvalue weighted by Gasteiger charge is 2.44. The summed E-state index contributed by atoms with van der Waals surface area (Å²) in [6.45, 7) is 6.71. The van der Waals surface area contributed by atoms with Crippen molar-refractivity contribution in [1.29, 1.82) is 5.26 Å². The molecule has 1 aliphatic carbocycles. The third kappa shape index (κ3) is 4.26. The maximum atomic E-state index is 13.1. The molecule has 1 saturated heterocycles. The van der Waals surface area contributed by atoms with E-state index < -0.39 is 11.4 Å². The monoisotopic (exact) mass is 467 g/mol. The van der Waals surface area contributed by atoms with Gasteiger partial charge < -0.3 is 26.1 Å². The fourth-order valence-electron chi connectivity index (χ4n) is 4.74. The lowest BCUT2D eigenvalue weighted by Gasteiger charge is -2.39. The SMILES string of the molecule is C[C@H]1CN(C)CCN1c1cccc(/C(N)=N/OC(=O)[C@@]2(C)CCCc3sc(N)c(C#N)c32)n1. The standard InChI is InChI=1S/C23H29N7O2S/c1-14-13-29(3)10-11-30(14)18-8-4-6-16(27-18)20(25)28-32-22(31)23(2)9-5-7-17-19(23)15(12-24)21(26)33-17/h4,6,8,14H,5,7,9-11,13,26H2,1-3H3,(H2,25,28)/t14-,23-/m0/s1. The lowest BCUT2D eigenvalue weighted by atomic mass is 9.72. The Balaban J connectivity index is 1.54. The number of rotatable bonds is 4. The number of likely N-dealkylation sites (N-methyl/N-ethyl adjacent to an activating group) is 1. The van der Waals surface area contributed by atoms with Crippen LogP contribution >= 0.6 is 11.3 Å². The summed E-state index contributed by atoms with van der Waals surface area (Å²) in [7, 11) is 2.11. The second kappa shape index (κ2) is 9.00. The molecule has 2 aromatic rings. The van der Waals surface area contributed by atoms with Crippen LogP contribution in [0.4, 0.5) is 10.8 Å². The minimum Gasteiger partial charge on any atom is -0.389 e. The maximum Gasteiger partial charge on any atom is 0.345 e. The topological polar surface area (TPSA) is 134 Å². The van der Waals surface area contributed by atoms with Gasteiger partial charge in [0.25, 0.3) is 0 Å². The van der Waals surface area contributed by atoms with Gasteiger partial charge in [0.15, 0.2) is 5.84 Å². The summed E-state index contributed by atoms with van der Waals surface area (Å²) in [6.07, 6.45) is 2.14. The molecule has 10 heteroatoms.